The summed E-state index contributed by atoms with van der Waals surface area (Å²) >= 11 is 0. The molecular formula is C12H19N3. The zero-order valence-corrected chi connectivity index (χ0v) is 9.58. The van der Waals surface area contributed by atoms with Crippen LogP contribution in [0.1, 0.15) is 56.1 Å². The van der Waals surface area contributed by atoms with Gasteiger partial charge in [-0.1, -0.05) is 13.8 Å². The highest BCUT2D eigenvalue weighted by molar-refractivity contribution is 5.43. The van der Waals surface area contributed by atoms with Crippen LogP contribution in [0, 0.1) is 0 Å². The van der Waals surface area contributed by atoms with Gasteiger partial charge in [-0.2, -0.15) is 0 Å². The third kappa shape index (κ3) is 1.96. The number of hydrogen-bond donors (Lipinski definition) is 1. The molecule has 0 bridgehead atoms. The molecule has 0 amide bonds. The van der Waals surface area contributed by atoms with E-state index in [1.54, 1.807) is 0 Å². The first-order chi connectivity index (χ1) is 7.22. The normalized spacial score (nSPS) is 17.2. The molecule has 1 aromatic heterocycles. The minimum atomic E-state index is 0.416. The van der Waals surface area contributed by atoms with Crippen molar-refractivity contribution in [1.82, 2.24) is 9.97 Å². The Balaban J connectivity index is 2.40. The lowest BCUT2D eigenvalue weighted by atomic mass is 9.96. The Morgan fingerprint density at radius 3 is 2.73 bits per heavy atom. The van der Waals surface area contributed by atoms with Crippen molar-refractivity contribution in [3.05, 3.63) is 17.1 Å². The van der Waals surface area contributed by atoms with Gasteiger partial charge in [0.1, 0.15) is 11.6 Å². The number of hydrogen-bond acceptors (Lipinski definition) is 3. The zero-order valence-electron chi connectivity index (χ0n) is 9.58. The summed E-state index contributed by atoms with van der Waals surface area (Å²) in [4.78, 5) is 9.08. The van der Waals surface area contributed by atoms with Crippen LogP contribution in [0.4, 0.5) is 5.82 Å². The van der Waals surface area contributed by atoms with E-state index in [2.05, 4.69) is 23.8 Å². The number of nitrogens with zero attached hydrogens (tertiary/aromatic N) is 2. The summed E-state index contributed by atoms with van der Waals surface area (Å²) in [6, 6.07) is 0. The molecule has 2 rings (SSSR count). The van der Waals surface area contributed by atoms with E-state index in [-0.39, 0.29) is 0 Å². The van der Waals surface area contributed by atoms with Gasteiger partial charge in [0.05, 0.1) is 0 Å². The molecule has 0 radical (unpaired) electrons. The SMILES string of the molecule is CCC(C)c1nc(N)c2c(n1)CCCC2. The van der Waals surface area contributed by atoms with Crippen LogP contribution < -0.4 is 5.73 Å². The number of aromatic nitrogens is 2. The quantitative estimate of drug-likeness (QED) is 0.806. The molecule has 0 saturated carbocycles. The topological polar surface area (TPSA) is 51.8 Å². The number of rotatable bonds is 2. The number of nitrogen functional groups attached to an aromatic ring is 1. The second kappa shape index (κ2) is 4.17. The van der Waals surface area contributed by atoms with Crippen molar-refractivity contribution in [2.24, 2.45) is 0 Å². The van der Waals surface area contributed by atoms with E-state index in [1.807, 2.05) is 0 Å². The smallest absolute Gasteiger partial charge is 0.133 e. The lowest BCUT2D eigenvalue weighted by molar-refractivity contribution is 0.627. The van der Waals surface area contributed by atoms with Crippen LogP contribution in [0.25, 0.3) is 0 Å². The number of fused-ring (bicyclic) bond motifs is 1. The van der Waals surface area contributed by atoms with Crippen LogP contribution in [-0.4, -0.2) is 9.97 Å². The summed E-state index contributed by atoms with van der Waals surface area (Å²) < 4.78 is 0. The summed E-state index contributed by atoms with van der Waals surface area (Å²) in [5.74, 6) is 2.06. The van der Waals surface area contributed by atoms with Gasteiger partial charge in [0, 0.05) is 17.2 Å². The summed E-state index contributed by atoms with van der Waals surface area (Å²) in [7, 11) is 0. The Labute approximate surface area is 91.1 Å². The number of anilines is 1. The van der Waals surface area contributed by atoms with Crippen molar-refractivity contribution < 1.29 is 0 Å². The van der Waals surface area contributed by atoms with Gasteiger partial charge in [-0.3, -0.25) is 0 Å². The number of nitrogens with two attached hydrogens (primary N) is 1. The van der Waals surface area contributed by atoms with Crippen molar-refractivity contribution in [1.29, 1.82) is 0 Å². The molecule has 0 spiro atoms. The molecule has 3 heteroatoms. The largest absolute Gasteiger partial charge is 0.383 e. The molecule has 0 fully saturated rings. The Kier molecular flexibility index (Phi) is 2.89. The van der Waals surface area contributed by atoms with Gasteiger partial charge in [-0.05, 0) is 32.1 Å². The Morgan fingerprint density at radius 1 is 1.27 bits per heavy atom. The fourth-order valence-electron chi connectivity index (χ4n) is 2.05. The maximum Gasteiger partial charge on any atom is 0.133 e. The maximum atomic E-state index is 5.98. The first-order valence-electron chi connectivity index (χ1n) is 5.87. The molecular weight excluding hydrogens is 186 g/mol. The fraction of sp³-hybridized carbons (Fsp3) is 0.667. The summed E-state index contributed by atoms with van der Waals surface area (Å²) in [6.45, 7) is 4.31. The van der Waals surface area contributed by atoms with Crippen molar-refractivity contribution in [3.63, 3.8) is 0 Å². The third-order valence-corrected chi connectivity index (χ3v) is 3.29. The second-order valence-corrected chi connectivity index (χ2v) is 4.41. The van der Waals surface area contributed by atoms with Crippen LogP contribution in [0.15, 0.2) is 0 Å². The lowest BCUT2D eigenvalue weighted by Crippen LogP contribution is -2.14. The van der Waals surface area contributed by atoms with Crippen molar-refractivity contribution in [2.45, 2.75) is 51.9 Å². The molecule has 0 saturated heterocycles. The van der Waals surface area contributed by atoms with Crippen molar-refractivity contribution in [2.75, 3.05) is 5.73 Å². The van der Waals surface area contributed by atoms with Gasteiger partial charge in [0.25, 0.3) is 0 Å². The highest BCUT2D eigenvalue weighted by Gasteiger charge is 2.17. The van der Waals surface area contributed by atoms with Crippen molar-refractivity contribution >= 4 is 5.82 Å². The third-order valence-electron chi connectivity index (χ3n) is 3.29. The van der Waals surface area contributed by atoms with Crippen molar-refractivity contribution in [3.8, 4) is 0 Å². The first kappa shape index (κ1) is 10.4. The fourth-order valence-corrected chi connectivity index (χ4v) is 2.05. The van der Waals surface area contributed by atoms with Crippen LogP contribution in [0.3, 0.4) is 0 Å². The Morgan fingerprint density at radius 2 is 2.00 bits per heavy atom. The average Bonchev–Trinajstić information content (AvgIpc) is 2.28. The molecule has 1 atom stereocenters. The van der Waals surface area contributed by atoms with Crippen LogP contribution in [0.2, 0.25) is 0 Å². The molecule has 0 aliphatic heterocycles. The van der Waals surface area contributed by atoms with E-state index in [0.717, 1.165) is 30.9 Å². The molecule has 1 aliphatic rings. The molecule has 1 heterocycles. The van der Waals surface area contributed by atoms with Gasteiger partial charge in [0.2, 0.25) is 0 Å². The Bertz CT molecular complexity index is 360. The van der Waals surface area contributed by atoms with Gasteiger partial charge in [-0.15, -0.1) is 0 Å². The van der Waals surface area contributed by atoms with E-state index < -0.39 is 0 Å². The summed E-state index contributed by atoms with van der Waals surface area (Å²) in [5.41, 5.74) is 8.38. The predicted octanol–water partition coefficient (Wildman–Crippen LogP) is 2.45. The number of aryl methyl sites for hydroxylation is 1. The van der Waals surface area contributed by atoms with Crippen LogP contribution in [0.5, 0.6) is 0 Å². The summed E-state index contributed by atoms with van der Waals surface area (Å²) in [6.07, 6.45) is 5.66. The standard InChI is InChI=1S/C12H19N3/c1-3-8(2)12-14-10-7-5-4-6-9(10)11(13)15-12/h8H,3-7H2,1-2H3,(H2,13,14,15). The second-order valence-electron chi connectivity index (χ2n) is 4.41. The van der Waals surface area contributed by atoms with Gasteiger partial charge in [0.15, 0.2) is 0 Å². The lowest BCUT2D eigenvalue weighted by Gasteiger charge is -2.18. The predicted molar refractivity (Wildman–Crippen MR) is 61.8 cm³/mol. The Hall–Kier alpha value is -1.12. The highest BCUT2D eigenvalue weighted by atomic mass is 15.0. The van der Waals surface area contributed by atoms with E-state index in [1.165, 1.54) is 24.1 Å². The summed E-state index contributed by atoms with van der Waals surface area (Å²) in [5, 5.41) is 0. The molecule has 82 valence electrons. The molecule has 1 unspecified atom stereocenters. The minimum absolute atomic E-state index is 0.416. The van der Waals surface area contributed by atoms with Crippen LogP contribution >= 0.6 is 0 Å². The molecule has 1 aliphatic carbocycles. The molecule has 0 aromatic carbocycles. The monoisotopic (exact) mass is 205 g/mol. The van der Waals surface area contributed by atoms with E-state index in [4.69, 9.17) is 5.73 Å². The average molecular weight is 205 g/mol. The van der Waals surface area contributed by atoms with Crippen LogP contribution in [-0.2, 0) is 12.8 Å². The van der Waals surface area contributed by atoms with Gasteiger partial charge < -0.3 is 5.73 Å². The molecule has 15 heavy (non-hydrogen) atoms. The van der Waals surface area contributed by atoms with E-state index >= 15 is 0 Å². The highest BCUT2D eigenvalue weighted by Crippen LogP contribution is 2.26. The molecule has 3 nitrogen and oxygen atoms in total. The van der Waals surface area contributed by atoms with E-state index in [0.29, 0.717) is 5.92 Å². The molecule has 1 aromatic rings. The minimum Gasteiger partial charge on any atom is -0.383 e. The van der Waals surface area contributed by atoms with E-state index in [9.17, 15) is 0 Å². The maximum absolute atomic E-state index is 5.98. The zero-order chi connectivity index (χ0) is 10.8. The first-order valence-corrected chi connectivity index (χ1v) is 5.87. The van der Waals surface area contributed by atoms with Gasteiger partial charge in [-0.25, -0.2) is 9.97 Å². The van der Waals surface area contributed by atoms with Gasteiger partial charge >= 0.3 is 0 Å². The molecule has 2 N–H and O–H groups in total.